The summed E-state index contributed by atoms with van der Waals surface area (Å²) in [7, 11) is 0. The minimum Gasteiger partial charge on any atom is -0.489 e. The van der Waals surface area contributed by atoms with E-state index in [2.05, 4.69) is 10.6 Å². The Balaban J connectivity index is 1.45. The van der Waals surface area contributed by atoms with Crippen molar-refractivity contribution in [3.05, 3.63) is 118 Å². The number of carboxylic acid groups (broad SMARTS) is 1. The van der Waals surface area contributed by atoms with Crippen molar-refractivity contribution < 1.29 is 19.0 Å². The normalized spacial score (nSPS) is 11.1. The van der Waals surface area contributed by atoms with Gasteiger partial charge in [-0.25, -0.2) is 14.2 Å². The lowest BCUT2D eigenvalue weighted by Crippen LogP contribution is -2.08. The molecular weight excluding hydrogens is 491 g/mol. The number of hydrogen-bond donors (Lipinski definition) is 1. The highest BCUT2D eigenvalue weighted by atomic mass is 35.5. The quantitative estimate of drug-likeness (QED) is 0.245. The third-order valence-electron chi connectivity index (χ3n) is 6.41. The Hall–Kier alpha value is -4.16. The molecule has 0 spiro atoms. The first-order valence-electron chi connectivity index (χ1n) is 11.8. The molecule has 0 bridgehead atoms. The molecule has 0 aliphatic rings. The van der Waals surface area contributed by atoms with Gasteiger partial charge < -0.3 is 14.4 Å². The number of imidazole rings is 1. The van der Waals surface area contributed by atoms with Gasteiger partial charge in [-0.2, -0.15) is 0 Å². The Kier molecular flexibility index (Phi) is 6.68. The standard InChI is InChI=1S/C30H24ClFN2O3/c1-18-13-24(37-17-23-9-6-10-26(32)28(23)30(35)36)15-27-29(18)33-19(2)34(27)16-22-12-11-21(14-25(22)31)20-7-4-3-5-8-20/h3-15H,16-17H2,1-2H3,(H,35,36). The summed E-state index contributed by atoms with van der Waals surface area (Å²) in [5.41, 5.74) is 5.62. The Morgan fingerprint density at radius 2 is 1.76 bits per heavy atom. The highest BCUT2D eigenvalue weighted by Gasteiger charge is 2.17. The lowest BCUT2D eigenvalue weighted by molar-refractivity contribution is 0.0688. The van der Waals surface area contributed by atoms with Crippen molar-refractivity contribution in [3.8, 4) is 16.9 Å². The van der Waals surface area contributed by atoms with Crippen LogP contribution in [0.1, 0.15) is 32.9 Å². The minimum absolute atomic E-state index is 0.0791. The molecule has 1 aromatic heterocycles. The molecule has 5 aromatic rings. The van der Waals surface area contributed by atoms with Crippen LogP contribution in [0.2, 0.25) is 5.02 Å². The summed E-state index contributed by atoms with van der Waals surface area (Å²) in [6, 6.07) is 24.0. The van der Waals surface area contributed by atoms with Gasteiger partial charge in [0.1, 0.15) is 29.6 Å². The van der Waals surface area contributed by atoms with Crippen molar-refractivity contribution in [2.45, 2.75) is 27.0 Å². The first-order chi connectivity index (χ1) is 17.8. The Morgan fingerprint density at radius 3 is 2.49 bits per heavy atom. The van der Waals surface area contributed by atoms with E-state index >= 15 is 0 Å². The van der Waals surface area contributed by atoms with Gasteiger partial charge in [0.2, 0.25) is 0 Å². The SMILES string of the molecule is Cc1cc(OCc2cccc(F)c2C(=O)O)cc2c1nc(C)n2Cc1ccc(-c2ccccc2)cc1Cl. The van der Waals surface area contributed by atoms with Crippen LogP contribution in [0.5, 0.6) is 5.75 Å². The van der Waals surface area contributed by atoms with E-state index in [9.17, 15) is 14.3 Å². The van der Waals surface area contributed by atoms with E-state index in [4.69, 9.17) is 21.3 Å². The molecule has 1 heterocycles. The first-order valence-corrected chi connectivity index (χ1v) is 12.1. The molecule has 4 aromatic carbocycles. The molecule has 0 saturated heterocycles. The van der Waals surface area contributed by atoms with Gasteiger partial charge in [-0.15, -0.1) is 0 Å². The summed E-state index contributed by atoms with van der Waals surface area (Å²) in [5, 5.41) is 10.1. The van der Waals surface area contributed by atoms with Gasteiger partial charge in [-0.3, -0.25) is 0 Å². The van der Waals surface area contributed by atoms with Crippen LogP contribution in [0.3, 0.4) is 0 Å². The molecule has 5 rings (SSSR count). The lowest BCUT2D eigenvalue weighted by Gasteiger charge is -2.13. The summed E-state index contributed by atoms with van der Waals surface area (Å²) >= 11 is 6.70. The number of nitrogens with zero attached hydrogens (tertiary/aromatic N) is 2. The average molecular weight is 515 g/mol. The molecule has 37 heavy (non-hydrogen) atoms. The van der Waals surface area contributed by atoms with Crippen molar-refractivity contribution in [3.63, 3.8) is 0 Å². The van der Waals surface area contributed by atoms with Gasteiger partial charge in [0, 0.05) is 16.7 Å². The smallest absolute Gasteiger partial charge is 0.339 e. The van der Waals surface area contributed by atoms with Gasteiger partial charge >= 0.3 is 5.97 Å². The number of aryl methyl sites for hydroxylation is 2. The Bertz CT molecular complexity index is 1630. The number of aromatic nitrogens is 2. The van der Waals surface area contributed by atoms with Crippen LogP contribution in [0, 0.1) is 19.7 Å². The number of fused-ring (bicyclic) bond motifs is 1. The molecular formula is C30H24ClFN2O3. The third-order valence-corrected chi connectivity index (χ3v) is 6.76. The predicted octanol–water partition coefficient (Wildman–Crippen LogP) is 7.44. The first kappa shape index (κ1) is 24.5. The van der Waals surface area contributed by atoms with Crippen LogP contribution >= 0.6 is 11.6 Å². The molecule has 186 valence electrons. The molecule has 0 saturated carbocycles. The fourth-order valence-electron chi connectivity index (χ4n) is 4.50. The van der Waals surface area contributed by atoms with Crippen LogP contribution in [-0.4, -0.2) is 20.6 Å². The van der Waals surface area contributed by atoms with E-state index < -0.39 is 11.8 Å². The maximum Gasteiger partial charge on any atom is 0.339 e. The number of halogens is 2. The van der Waals surface area contributed by atoms with E-state index in [0.29, 0.717) is 17.3 Å². The van der Waals surface area contributed by atoms with Crippen molar-refractivity contribution in [1.29, 1.82) is 0 Å². The zero-order chi connectivity index (χ0) is 26.1. The second-order valence-electron chi connectivity index (χ2n) is 8.89. The summed E-state index contributed by atoms with van der Waals surface area (Å²) in [5.74, 6) is -0.745. The predicted molar refractivity (Wildman–Crippen MR) is 143 cm³/mol. The second-order valence-corrected chi connectivity index (χ2v) is 9.30. The molecule has 0 atom stereocenters. The number of hydrogen-bond acceptors (Lipinski definition) is 3. The second kappa shape index (κ2) is 10.1. The minimum atomic E-state index is -1.33. The molecule has 1 N–H and O–H groups in total. The number of aromatic carboxylic acids is 1. The number of benzene rings is 4. The van der Waals surface area contributed by atoms with E-state index in [1.165, 1.54) is 6.07 Å². The van der Waals surface area contributed by atoms with Crippen molar-refractivity contribution >= 4 is 28.6 Å². The van der Waals surface area contributed by atoms with Crippen LogP contribution < -0.4 is 4.74 Å². The van der Waals surface area contributed by atoms with Crippen LogP contribution in [0.25, 0.3) is 22.2 Å². The van der Waals surface area contributed by atoms with Gasteiger partial charge in [0.05, 0.1) is 17.6 Å². The fraction of sp³-hybridized carbons (Fsp3) is 0.133. The van der Waals surface area contributed by atoms with Gasteiger partial charge in [-0.05, 0) is 54.3 Å². The number of carbonyl (C=O) groups is 1. The van der Waals surface area contributed by atoms with E-state index in [-0.39, 0.29) is 17.7 Å². The Labute approximate surface area is 218 Å². The van der Waals surface area contributed by atoms with Crippen LogP contribution in [0.4, 0.5) is 4.39 Å². The number of carboxylic acids is 1. The summed E-state index contributed by atoms with van der Waals surface area (Å²) < 4.78 is 22.1. The molecule has 5 nitrogen and oxygen atoms in total. The molecule has 0 amide bonds. The van der Waals surface area contributed by atoms with Crippen molar-refractivity contribution in [2.75, 3.05) is 0 Å². The maximum absolute atomic E-state index is 14.1. The molecule has 0 aliphatic carbocycles. The molecule has 0 radical (unpaired) electrons. The van der Waals surface area contributed by atoms with Crippen LogP contribution in [0.15, 0.2) is 78.9 Å². The highest BCUT2D eigenvalue weighted by Crippen LogP contribution is 2.30. The molecule has 0 aliphatic heterocycles. The van der Waals surface area contributed by atoms with Crippen LogP contribution in [-0.2, 0) is 13.2 Å². The van der Waals surface area contributed by atoms with Crippen molar-refractivity contribution in [2.24, 2.45) is 0 Å². The number of rotatable bonds is 7. The largest absolute Gasteiger partial charge is 0.489 e. The van der Waals surface area contributed by atoms with E-state index in [1.54, 1.807) is 6.07 Å². The number of ether oxygens (including phenoxy) is 1. The zero-order valence-corrected chi connectivity index (χ0v) is 21.1. The van der Waals surface area contributed by atoms with Gasteiger partial charge in [0.25, 0.3) is 0 Å². The van der Waals surface area contributed by atoms with E-state index in [1.807, 2.05) is 68.4 Å². The lowest BCUT2D eigenvalue weighted by atomic mass is 10.0. The summed E-state index contributed by atoms with van der Waals surface area (Å²) in [6.45, 7) is 4.33. The molecule has 0 unspecified atom stereocenters. The monoisotopic (exact) mass is 514 g/mol. The van der Waals surface area contributed by atoms with Gasteiger partial charge in [-0.1, -0.05) is 66.2 Å². The van der Waals surface area contributed by atoms with Crippen molar-refractivity contribution in [1.82, 2.24) is 9.55 Å². The fourth-order valence-corrected chi connectivity index (χ4v) is 4.75. The Morgan fingerprint density at radius 1 is 0.973 bits per heavy atom. The maximum atomic E-state index is 14.1. The molecule has 0 fully saturated rings. The topological polar surface area (TPSA) is 64.3 Å². The van der Waals surface area contributed by atoms with Gasteiger partial charge in [0.15, 0.2) is 0 Å². The summed E-state index contributed by atoms with van der Waals surface area (Å²) in [6.07, 6.45) is 0. The average Bonchev–Trinajstić information content (AvgIpc) is 3.19. The third kappa shape index (κ3) is 4.93. The highest BCUT2D eigenvalue weighted by molar-refractivity contribution is 6.31. The molecule has 7 heteroatoms. The summed E-state index contributed by atoms with van der Waals surface area (Å²) in [4.78, 5) is 16.3. The zero-order valence-electron chi connectivity index (χ0n) is 20.3. The van der Waals surface area contributed by atoms with E-state index in [0.717, 1.165) is 45.2 Å².